The first kappa shape index (κ1) is 15.7. The number of hydrogen-bond acceptors (Lipinski definition) is 3. The Morgan fingerprint density at radius 1 is 1.53 bits per heavy atom. The van der Waals surface area contributed by atoms with Crippen molar-refractivity contribution in [2.24, 2.45) is 5.41 Å². The van der Waals surface area contributed by atoms with Gasteiger partial charge < -0.3 is 15.3 Å². The number of rotatable bonds is 4. The second kappa shape index (κ2) is 6.73. The Labute approximate surface area is 118 Å². The third-order valence-corrected chi connectivity index (χ3v) is 2.62. The largest absolute Gasteiger partial charge is 0.395 e. The minimum atomic E-state index is -0.293. The second-order valence-electron chi connectivity index (χ2n) is 5.48. The highest BCUT2D eigenvalue weighted by atomic mass is 35.5. The Balaban J connectivity index is 2.75. The van der Waals surface area contributed by atoms with Crippen LogP contribution in [0.25, 0.3) is 0 Å². The molecule has 0 fully saturated rings. The van der Waals surface area contributed by atoms with E-state index < -0.39 is 0 Å². The fourth-order valence-corrected chi connectivity index (χ4v) is 1.79. The Morgan fingerprint density at radius 2 is 2.21 bits per heavy atom. The molecular formula is C13H20ClN3O2. The first-order chi connectivity index (χ1) is 8.83. The van der Waals surface area contributed by atoms with E-state index in [1.54, 1.807) is 23.2 Å². The molecule has 1 rings (SSSR count). The van der Waals surface area contributed by atoms with Crippen LogP contribution in [0.4, 0.5) is 10.5 Å². The van der Waals surface area contributed by atoms with Gasteiger partial charge >= 0.3 is 6.03 Å². The average Bonchev–Trinajstić information content (AvgIpc) is 2.30. The molecule has 0 saturated heterocycles. The van der Waals surface area contributed by atoms with Crippen LogP contribution in [0, 0.1) is 5.41 Å². The minimum Gasteiger partial charge on any atom is -0.395 e. The van der Waals surface area contributed by atoms with E-state index in [9.17, 15) is 4.79 Å². The molecule has 2 amide bonds. The lowest BCUT2D eigenvalue weighted by Gasteiger charge is -2.29. The number of carbonyl (C=O) groups excluding carboxylic acids is 1. The van der Waals surface area contributed by atoms with Crippen molar-refractivity contribution in [2.75, 3.05) is 25.0 Å². The van der Waals surface area contributed by atoms with Crippen LogP contribution in [0.3, 0.4) is 0 Å². The molecule has 19 heavy (non-hydrogen) atoms. The Kier molecular flexibility index (Phi) is 5.57. The van der Waals surface area contributed by atoms with Crippen LogP contribution in [0.15, 0.2) is 18.3 Å². The van der Waals surface area contributed by atoms with Gasteiger partial charge in [-0.2, -0.15) is 0 Å². The highest BCUT2D eigenvalue weighted by Crippen LogP contribution is 2.19. The second-order valence-corrected chi connectivity index (χ2v) is 5.84. The number of nitrogens with zero attached hydrogens (tertiary/aromatic N) is 2. The number of pyridine rings is 1. The molecule has 2 N–H and O–H groups in total. The maximum Gasteiger partial charge on any atom is 0.322 e. The number of aromatic nitrogens is 1. The number of hydrogen-bond donors (Lipinski definition) is 2. The average molecular weight is 286 g/mol. The van der Waals surface area contributed by atoms with Crippen molar-refractivity contribution in [3.05, 3.63) is 23.5 Å². The number of aliphatic hydroxyl groups is 1. The normalized spacial score (nSPS) is 11.2. The molecule has 106 valence electrons. The summed E-state index contributed by atoms with van der Waals surface area (Å²) in [5, 5.41) is 12.0. The van der Waals surface area contributed by atoms with Gasteiger partial charge in [-0.3, -0.25) is 0 Å². The van der Waals surface area contributed by atoms with E-state index in [-0.39, 0.29) is 29.8 Å². The summed E-state index contributed by atoms with van der Waals surface area (Å²) in [7, 11) is 0. The van der Waals surface area contributed by atoms with E-state index in [1.165, 1.54) is 0 Å². The number of urea groups is 1. The summed E-state index contributed by atoms with van der Waals surface area (Å²) in [6, 6.07) is 3.09. The van der Waals surface area contributed by atoms with Gasteiger partial charge in [0.05, 0.1) is 12.3 Å². The molecule has 0 aliphatic rings. The molecular weight excluding hydrogens is 266 g/mol. The summed E-state index contributed by atoms with van der Waals surface area (Å²) in [5.74, 6) is 0. The number of halogens is 1. The van der Waals surface area contributed by atoms with E-state index in [0.29, 0.717) is 12.2 Å². The number of nitrogens with one attached hydrogen (secondary N) is 1. The maximum absolute atomic E-state index is 12.1. The molecule has 1 aromatic rings. The molecule has 0 spiro atoms. The molecule has 0 unspecified atom stereocenters. The highest BCUT2D eigenvalue weighted by Gasteiger charge is 2.21. The van der Waals surface area contributed by atoms with E-state index in [0.717, 1.165) is 0 Å². The molecule has 0 aliphatic heterocycles. The van der Waals surface area contributed by atoms with Gasteiger partial charge in [0.2, 0.25) is 0 Å². The van der Waals surface area contributed by atoms with Crippen molar-refractivity contribution >= 4 is 23.3 Å². The zero-order valence-electron chi connectivity index (χ0n) is 11.5. The molecule has 0 atom stereocenters. The summed E-state index contributed by atoms with van der Waals surface area (Å²) >= 11 is 5.89. The van der Waals surface area contributed by atoms with Crippen molar-refractivity contribution < 1.29 is 9.90 Å². The van der Waals surface area contributed by atoms with Crippen LogP contribution >= 0.6 is 11.6 Å². The van der Waals surface area contributed by atoms with E-state index in [2.05, 4.69) is 10.3 Å². The zero-order chi connectivity index (χ0) is 14.5. The summed E-state index contributed by atoms with van der Waals surface area (Å²) in [6.07, 6.45) is 1.55. The summed E-state index contributed by atoms with van der Waals surface area (Å²) in [4.78, 5) is 17.6. The molecule has 0 aromatic carbocycles. The van der Waals surface area contributed by atoms with Crippen molar-refractivity contribution in [3.8, 4) is 0 Å². The van der Waals surface area contributed by atoms with Crippen LogP contribution in [0.2, 0.25) is 5.15 Å². The van der Waals surface area contributed by atoms with Crippen LogP contribution in [0.5, 0.6) is 0 Å². The zero-order valence-corrected chi connectivity index (χ0v) is 12.2. The number of anilines is 1. The predicted molar refractivity (Wildman–Crippen MR) is 76.4 cm³/mol. The van der Waals surface area contributed by atoms with Gasteiger partial charge in [0.1, 0.15) is 0 Å². The summed E-state index contributed by atoms with van der Waals surface area (Å²) in [5.41, 5.74) is 0.414. The third kappa shape index (κ3) is 5.44. The van der Waals surface area contributed by atoms with Gasteiger partial charge in [-0.05, 0) is 17.5 Å². The van der Waals surface area contributed by atoms with E-state index in [1.807, 2.05) is 20.8 Å². The van der Waals surface area contributed by atoms with Gasteiger partial charge in [0, 0.05) is 19.3 Å². The van der Waals surface area contributed by atoms with Crippen LogP contribution in [0.1, 0.15) is 20.8 Å². The van der Waals surface area contributed by atoms with Gasteiger partial charge in [0.15, 0.2) is 5.15 Å². The summed E-state index contributed by atoms with van der Waals surface area (Å²) < 4.78 is 0. The van der Waals surface area contributed by atoms with Gasteiger partial charge in [-0.1, -0.05) is 32.4 Å². The molecule has 0 radical (unpaired) electrons. The molecule has 1 heterocycles. The van der Waals surface area contributed by atoms with Crippen molar-refractivity contribution in [2.45, 2.75) is 20.8 Å². The molecule has 1 aromatic heterocycles. The van der Waals surface area contributed by atoms with Gasteiger partial charge in [0.25, 0.3) is 0 Å². The fourth-order valence-electron chi connectivity index (χ4n) is 1.62. The number of aliphatic hydroxyl groups excluding tert-OH is 1. The summed E-state index contributed by atoms with van der Waals surface area (Å²) in [6.45, 7) is 6.83. The Hall–Kier alpha value is -1.33. The molecule has 5 nitrogen and oxygen atoms in total. The first-order valence-electron chi connectivity index (χ1n) is 6.11. The minimum absolute atomic E-state index is 0.0504. The first-order valence-corrected chi connectivity index (χ1v) is 6.48. The topological polar surface area (TPSA) is 65.5 Å². The predicted octanol–water partition coefficient (Wildman–Crippen LogP) is 2.61. The Bertz CT molecular complexity index is 432. The fraction of sp³-hybridized carbons (Fsp3) is 0.538. The van der Waals surface area contributed by atoms with Crippen molar-refractivity contribution in [1.82, 2.24) is 9.88 Å². The molecule has 0 bridgehead atoms. The maximum atomic E-state index is 12.1. The van der Waals surface area contributed by atoms with Crippen molar-refractivity contribution in [3.63, 3.8) is 0 Å². The van der Waals surface area contributed by atoms with Gasteiger partial charge in [-0.25, -0.2) is 9.78 Å². The van der Waals surface area contributed by atoms with Gasteiger partial charge in [-0.15, -0.1) is 0 Å². The van der Waals surface area contributed by atoms with Crippen LogP contribution in [-0.2, 0) is 0 Å². The standard InChI is InChI=1S/C13H20ClN3O2/c1-13(2,3)9-17(7-8-18)12(19)16-10-5-4-6-15-11(10)14/h4-6,18H,7-9H2,1-3H3,(H,16,19). The van der Waals surface area contributed by atoms with E-state index >= 15 is 0 Å². The third-order valence-electron chi connectivity index (χ3n) is 2.32. The van der Waals surface area contributed by atoms with Crippen LogP contribution in [-0.4, -0.2) is 40.7 Å². The molecule has 0 aliphatic carbocycles. The highest BCUT2D eigenvalue weighted by molar-refractivity contribution is 6.32. The lowest BCUT2D eigenvalue weighted by atomic mass is 9.96. The quantitative estimate of drug-likeness (QED) is 0.836. The Morgan fingerprint density at radius 3 is 2.74 bits per heavy atom. The lowest BCUT2D eigenvalue weighted by Crippen LogP contribution is -2.42. The van der Waals surface area contributed by atoms with Crippen LogP contribution < -0.4 is 5.32 Å². The molecule has 0 saturated carbocycles. The lowest BCUT2D eigenvalue weighted by molar-refractivity contribution is 0.162. The smallest absolute Gasteiger partial charge is 0.322 e. The number of carbonyl (C=O) groups is 1. The van der Waals surface area contributed by atoms with Crippen molar-refractivity contribution in [1.29, 1.82) is 0 Å². The number of amides is 2. The monoisotopic (exact) mass is 285 g/mol. The molecule has 6 heteroatoms. The SMILES string of the molecule is CC(C)(C)CN(CCO)C(=O)Nc1cccnc1Cl. The van der Waals surface area contributed by atoms with E-state index in [4.69, 9.17) is 16.7 Å².